The van der Waals surface area contributed by atoms with Crippen molar-refractivity contribution in [3.8, 4) is 0 Å². The first-order valence-electron chi connectivity index (χ1n) is 9.46. The number of benzene rings is 3. The molecule has 0 aliphatic carbocycles. The second-order valence-corrected chi connectivity index (χ2v) is 9.16. The minimum Gasteiger partial charge on any atom is -0.317 e. The number of hydrogen-bond donors (Lipinski definition) is 1. The Morgan fingerprint density at radius 1 is 0.903 bits per heavy atom. The zero-order valence-electron chi connectivity index (χ0n) is 17.3. The van der Waals surface area contributed by atoms with Gasteiger partial charge in [0.15, 0.2) is 0 Å². The Hall–Kier alpha value is -3.26. The number of nitrogens with one attached hydrogen (secondary N) is 1. The van der Waals surface area contributed by atoms with E-state index in [9.17, 15) is 22.0 Å². The summed E-state index contributed by atoms with van der Waals surface area (Å²) in [6, 6.07) is 15.0. The lowest BCUT2D eigenvalue weighted by Crippen LogP contribution is -2.30. The highest BCUT2D eigenvalue weighted by atomic mass is 32.2. The van der Waals surface area contributed by atoms with Gasteiger partial charge in [-0.25, -0.2) is 17.2 Å². The molecule has 0 spiro atoms. The van der Waals surface area contributed by atoms with Crippen molar-refractivity contribution in [1.29, 1.82) is 0 Å². The van der Waals surface area contributed by atoms with Crippen molar-refractivity contribution >= 4 is 27.3 Å². The topological polar surface area (TPSA) is 66.5 Å². The minimum atomic E-state index is -3.57. The van der Waals surface area contributed by atoms with Crippen molar-refractivity contribution in [3.05, 3.63) is 94.6 Å². The molecule has 0 unspecified atom stereocenters. The highest BCUT2D eigenvalue weighted by molar-refractivity contribution is 7.92. The van der Waals surface area contributed by atoms with Gasteiger partial charge in [-0.2, -0.15) is 0 Å². The number of anilines is 2. The molecule has 1 N–H and O–H groups in total. The molecule has 0 radical (unpaired) electrons. The molecule has 0 fully saturated rings. The molecule has 8 heteroatoms. The maximum absolute atomic E-state index is 13.8. The van der Waals surface area contributed by atoms with Gasteiger partial charge in [-0.15, -0.1) is 0 Å². The number of sulfonamides is 1. The van der Waals surface area contributed by atoms with E-state index in [0.717, 1.165) is 29.5 Å². The summed E-state index contributed by atoms with van der Waals surface area (Å²) in [4.78, 5) is 12.4. The molecule has 0 aromatic heterocycles. The Morgan fingerprint density at radius 3 is 1.94 bits per heavy atom. The highest BCUT2D eigenvalue weighted by Gasteiger charge is 2.21. The third kappa shape index (κ3) is 5.08. The van der Waals surface area contributed by atoms with Crippen molar-refractivity contribution in [2.45, 2.75) is 20.4 Å². The summed E-state index contributed by atoms with van der Waals surface area (Å²) in [6.07, 6.45) is 1.14. The zero-order chi connectivity index (χ0) is 22.8. The van der Waals surface area contributed by atoms with Crippen LogP contribution in [0.1, 0.15) is 27.0 Å². The maximum atomic E-state index is 13.8. The van der Waals surface area contributed by atoms with Crippen LogP contribution in [0.4, 0.5) is 20.2 Å². The second-order valence-electron chi connectivity index (χ2n) is 7.26. The van der Waals surface area contributed by atoms with Crippen LogP contribution in [0.3, 0.4) is 0 Å². The summed E-state index contributed by atoms with van der Waals surface area (Å²) in [5.74, 6) is -2.42. The normalized spacial score (nSPS) is 11.3. The van der Waals surface area contributed by atoms with Gasteiger partial charge < -0.3 is 5.32 Å². The van der Waals surface area contributed by atoms with Gasteiger partial charge in [-0.3, -0.25) is 9.10 Å². The quantitative estimate of drug-likeness (QED) is 0.594. The van der Waals surface area contributed by atoms with Crippen molar-refractivity contribution in [2.24, 2.45) is 0 Å². The molecule has 0 saturated heterocycles. The number of nitrogens with zero attached hydrogens (tertiary/aromatic N) is 1. The number of aryl methyl sites for hydroxylation is 2. The van der Waals surface area contributed by atoms with Crippen LogP contribution < -0.4 is 9.62 Å². The number of carbonyl (C=O) groups is 1. The number of halogens is 2. The van der Waals surface area contributed by atoms with Gasteiger partial charge in [-0.05, 0) is 54.8 Å². The number of rotatable bonds is 6. The first kappa shape index (κ1) is 22.4. The minimum absolute atomic E-state index is 0.0777. The molecule has 0 aliphatic rings. The van der Waals surface area contributed by atoms with Gasteiger partial charge in [-0.1, -0.05) is 36.4 Å². The van der Waals surface area contributed by atoms with E-state index >= 15 is 0 Å². The van der Waals surface area contributed by atoms with Crippen molar-refractivity contribution in [1.82, 2.24) is 0 Å². The molecule has 3 aromatic carbocycles. The SMILES string of the molecule is Cc1cccc(C)c1N(Cc1ccc(C(=O)Nc2c(F)cccc2F)cc1)S(C)(=O)=O. The van der Waals surface area contributed by atoms with E-state index in [1.807, 2.05) is 32.0 Å². The summed E-state index contributed by atoms with van der Waals surface area (Å²) < 4.78 is 53.8. The first-order chi connectivity index (χ1) is 14.6. The van der Waals surface area contributed by atoms with Crippen LogP contribution in [0.5, 0.6) is 0 Å². The van der Waals surface area contributed by atoms with Crippen LogP contribution in [-0.4, -0.2) is 20.6 Å². The van der Waals surface area contributed by atoms with Crippen molar-refractivity contribution < 1.29 is 22.0 Å². The Kier molecular flexibility index (Phi) is 6.40. The van der Waals surface area contributed by atoms with E-state index in [1.54, 1.807) is 12.1 Å². The summed E-state index contributed by atoms with van der Waals surface area (Å²) in [5.41, 5.74) is 2.59. The maximum Gasteiger partial charge on any atom is 0.255 e. The Morgan fingerprint density at radius 2 is 1.42 bits per heavy atom. The number of amides is 1. The van der Waals surface area contributed by atoms with E-state index < -0.39 is 33.3 Å². The predicted molar refractivity (Wildman–Crippen MR) is 118 cm³/mol. The Balaban J connectivity index is 1.84. The van der Waals surface area contributed by atoms with E-state index in [2.05, 4.69) is 5.32 Å². The van der Waals surface area contributed by atoms with Gasteiger partial charge in [0.05, 0.1) is 18.5 Å². The summed E-state index contributed by atoms with van der Waals surface area (Å²) >= 11 is 0. The zero-order valence-corrected chi connectivity index (χ0v) is 18.1. The average molecular weight is 445 g/mol. The van der Waals surface area contributed by atoms with E-state index in [0.29, 0.717) is 11.3 Å². The average Bonchev–Trinajstić information content (AvgIpc) is 2.69. The molecule has 3 rings (SSSR count). The molecular weight excluding hydrogens is 422 g/mol. The molecule has 0 atom stereocenters. The van der Waals surface area contributed by atoms with Crippen LogP contribution in [0.25, 0.3) is 0 Å². The third-order valence-corrected chi connectivity index (χ3v) is 5.95. The molecule has 3 aromatic rings. The lowest BCUT2D eigenvalue weighted by molar-refractivity contribution is 0.102. The standard InChI is InChI=1S/C23H22F2N2O3S/c1-15-6-4-7-16(2)22(15)27(31(3,29)30)14-17-10-12-18(13-11-17)23(28)26-21-19(24)8-5-9-20(21)25/h4-13H,14H2,1-3H3,(H,26,28). The fourth-order valence-corrected chi connectivity index (χ4v) is 4.29. The lowest BCUT2D eigenvalue weighted by atomic mass is 10.1. The molecule has 5 nitrogen and oxygen atoms in total. The first-order valence-corrected chi connectivity index (χ1v) is 11.3. The molecule has 0 heterocycles. The molecule has 31 heavy (non-hydrogen) atoms. The monoisotopic (exact) mass is 444 g/mol. The van der Waals surface area contributed by atoms with E-state index in [1.165, 1.54) is 22.5 Å². The van der Waals surface area contributed by atoms with Crippen LogP contribution in [0.15, 0.2) is 60.7 Å². The number of carbonyl (C=O) groups excluding carboxylic acids is 1. The molecule has 162 valence electrons. The smallest absolute Gasteiger partial charge is 0.255 e. The molecular formula is C23H22F2N2O3S. The second kappa shape index (κ2) is 8.85. The van der Waals surface area contributed by atoms with Gasteiger partial charge in [0.1, 0.15) is 17.3 Å². The molecule has 0 saturated carbocycles. The Bertz CT molecular complexity index is 1190. The van der Waals surface area contributed by atoms with Crippen LogP contribution >= 0.6 is 0 Å². The highest BCUT2D eigenvalue weighted by Crippen LogP contribution is 2.28. The fourth-order valence-electron chi connectivity index (χ4n) is 3.29. The molecule has 0 aliphatic heterocycles. The fraction of sp³-hybridized carbons (Fsp3) is 0.174. The third-order valence-electron chi connectivity index (χ3n) is 4.83. The molecule has 0 bridgehead atoms. The van der Waals surface area contributed by atoms with Crippen molar-refractivity contribution in [2.75, 3.05) is 15.9 Å². The van der Waals surface area contributed by atoms with Crippen molar-refractivity contribution in [3.63, 3.8) is 0 Å². The Labute approximate surface area is 180 Å². The van der Waals surface area contributed by atoms with Gasteiger partial charge in [0.25, 0.3) is 5.91 Å². The summed E-state index contributed by atoms with van der Waals surface area (Å²) in [5, 5.41) is 2.22. The van der Waals surface area contributed by atoms with Gasteiger partial charge >= 0.3 is 0 Å². The van der Waals surface area contributed by atoms with Crippen LogP contribution in [0.2, 0.25) is 0 Å². The van der Waals surface area contributed by atoms with Gasteiger partial charge in [0.2, 0.25) is 10.0 Å². The predicted octanol–water partition coefficient (Wildman–Crippen LogP) is 4.80. The summed E-state index contributed by atoms with van der Waals surface area (Å²) in [7, 11) is -3.57. The number of hydrogen-bond acceptors (Lipinski definition) is 3. The lowest BCUT2D eigenvalue weighted by Gasteiger charge is -2.26. The molecule has 1 amide bonds. The largest absolute Gasteiger partial charge is 0.317 e. The van der Waals surface area contributed by atoms with E-state index in [4.69, 9.17) is 0 Å². The van der Waals surface area contributed by atoms with E-state index in [-0.39, 0.29) is 12.1 Å². The van der Waals surface area contributed by atoms with Crippen LogP contribution in [-0.2, 0) is 16.6 Å². The summed E-state index contributed by atoms with van der Waals surface area (Å²) in [6.45, 7) is 3.76. The van der Waals surface area contributed by atoms with Crippen LogP contribution in [0, 0.1) is 25.5 Å². The van der Waals surface area contributed by atoms with Gasteiger partial charge in [0, 0.05) is 5.56 Å². The number of para-hydroxylation sites is 2.